The van der Waals surface area contributed by atoms with E-state index in [1.54, 1.807) is 0 Å². The largest absolute Gasteiger partial charge is 1.00 e. The molecule has 0 radical (unpaired) electrons. The van der Waals surface area contributed by atoms with Gasteiger partial charge in [-0.25, -0.2) is 20.9 Å². The van der Waals surface area contributed by atoms with E-state index < -0.39 is 0 Å². The molecule has 4 nitrogen and oxygen atoms in total. The van der Waals surface area contributed by atoms with Gasteiger partial charge < -0.3 is 49.6 Å². The molecule has 4 N–H and O–H groups in total. The van der Waals surface area contributed by atoms with Crippen LogP contribution in [-0.4, -0.2) is 23.1 Å². The minimum absolute atomic E-state index is 0. The fourth-order valence-electron chi connectivity index (χ4n) is 5.28. The maximum atomic E-state index is 2.41. The van der Waals surface area contributed by atoms with Gasteiger partial charge in [-0.15, -0.1) is 0 Å². The Balaban J connectivity index is -0.00000420. The number of nitrogens with two attached hydrogens (primary N) is 2. The Labute approximate surface area is 297 Å². The van der Waals surface area contributed by atoms with Gasteiger partial charge >= 0.3 is 0 Å². The quantitative estimate of drug-likeness (QED) is 0.0766. The highest BCUT2D eigenvalue weighted by Gasteiger charge is 2.04. The van der Waals surface area contributed by atoms with E-state index in [9.17, 15) is 0 Å². The molecule has 0 aromatic carbocycles. The summed E-state index contributed by atoms with van der Waals surface area (Å²) in [7, 11) is 0. The maximum absolute atomic E-state index is 2.41. The Kier molecular flexibility index (Phi) is 37.8. The van der Waals surface area contributed by atoms with E-state index in [4.69, 9.17) is 0 Å². The first-order chi connectivity index (χ1) is 19.8. The van der Waals surface area contributed by atoms with E-state index in [-0.39, 0.29) is 49.6 Å². The van der Waals surface area contributed by atoms with Crippen LogP contribution in [0.25, 0.3) is 0 Å². The van der Waals surface area contributed by atoms with Crippen molar-refractivity contribution in [2.75, 3.05) is 13.1 Å². The van der Waals surface area contributed by atoms with Gasteiger partial charge in [0.15, 0.2) is 0 Å². The lowest BCUT2D eigenvalue weighted by molar-refractivity contribution is -0.780. The number of halogens is 4. The second-order valence-electron chi connectivity index (χ2n) is 11.7. The Morgan fingerprint density at radius 2 is 0.727 bits per heavy atom. The zero-order valence-electron chi connectivity index (χ0n) is 27.9. The van der Waals surface area contributed by atoms with Gasteiger partial charge in [0.05, 0.1) is 37.9 Å². The van der Waals surface area contributed by atoms with Gasteiger partial charge in [0.1, 0.15) is 0 Å². The molecule has 0 amide bonds. The molecule has 0 saturated heterocycles. The molecule has 0 aromatic rings. The number of allylic oxidation sites excluding steroid dienone is 8. The molecule has 0 aliphatic carbocycles. The number of hydrogen-bond donors (Lipinski definition) is 2. The minimum Gasteiger partial charge on any atom is -1.00 e. The highest BCUT2D eigenvalue weighted by atomic mass is 35.5. The van der Waals surface area contributed by atoms with Crippen LogP contribution in [0.3, 0.4) is 0 Å². The average molecular weight is 695 g/mol. The van der Waals surface area contributed by atoms with Gasteiger partial charge in [0.25, 0.3) is 0 Å². The van der Waals surface area contributed by atoms with E-state index in [0.29, 0.717) is 0 Å². The number of quaternary nitrogens is 2. The second-order valence-corrected chi connectivity index (χ2v) is 11.7. The fraction of sp³-hybridized carbons (Fsp3) is 0.667. The third-order valence-corrected chi connectivity index (χ3v) is 7.97. The Hall–Kier alpha value is -0.880. The average Bonchev–Trinajstić information content (AvgIpc) is 2.98. The van der Waals surface area contributed by atoms with Crippen LogP contribution >= 0.6 is 0 Å². The van der Waals surface area contributed by atoms with Gasteiger partial charge in [-0.2, -0.15) is 0 Å². The summed E-state index contributed by atoms with van der Waals surface area (Å²) in [6.45, 7) is 6.93. The lowest BCUT2D eigenvalue weighted by Crippen LogP contribution is -3.00. The lowest BCUT2D eigenvalue weighted by atomic mass is 10.1. The minimum atomic E-state index is 0. The molecule has 0 bridgehead atoms. The van der Waals surface area contributed by atoms with Crippen LogP contribution in [0.1, 0.15) is 142 Å². The summed E-state index contributed by atoms with van der Waals surface area (Å²) in [5, 5.41) is 4.46. The first-order valence-corrected chi connectivity index (χ1v) is 17.2. The van der Waals surface area contributed by atoms with Crippen LogP contribution in [0, 0.1) is 0 Å². The monoisotopic (exact) mass is 692 g/mol. The molecule has 0 spiro atoms. The van der Waals surface area contributed by atoms with Crippen LogP contribution < -0.4 is 60.5 Å². The molecule has 0 saturated carbocycles. The molecule has 2 rings (SSSR count). The normalized spacial score (nSPS) is 13.2. The molecule has 0 fully saturated rings. The molecule has 258 valence electrons. The first kappa shape index (κ1) is 47.5. The van der Waals surface area contributed by atoms with Gasteiger partial charge in [0, 0.05) is 0 Å². The standard InChI is InChI=1S/C36H62N4.4ClH/c1-3-5-7-9-17-21-29-37-39-31-25-35(26-32-39)23-19-15-13-11-12-14-16-20-24-36-27-33-40(34-28-36)38-30-22-18-10-8-6-4-2;;;;/h23-28,31-34,37-38H,3-22,29-30H2,1-2H3;4*1H/p-2. The lowest BCUT2D eigenvalue weighted by Gasteiger charge is -2.16. The smallest absolute Gasteiger partial charge is 0.0981 e. The van der Waals surface area contributed by atoms with Crippen molar-refractivity contribution < 1.29 is 60.5 Å². The molecule has 2 aliphatic rings. The number of rotatable bonds is 25. The van der Waals surface area contributed by atoms with Gasteiger partial charge in [0.2, 0.25) is 0 Å². The summed E-state index contributed by atoms with van der Waals surface area (Å²) in [5.74, 6) is 0. The van der Waals surface area contributed by atoms with Crippen molar-refractivity contribution in [3.05, 3.63) is 72.4 Å². The first-order valence-electron chi connectivity index (χ1n) is 17.2. The van der Waals surface area contributed by atoms with E-state index >= 15 is 0 Å². The highest BCUT2D eigenvalue weighted by Crippen LogP contribution is 2.14. The zero-order chi connectivity index (χ0) is 28.4. The van der Waals surface area contributed by atoms with Crippen molar-refractivity contribution in [1.82, 2.24) is 10.0 Å². The summed E-state index contributed by atoms with van der Waals surface area (Å²) in [6, 6.07) is 0. The van der Waals surface area contributed by atoms with Crippen LogP contribution in [0.5, 0.6) is 0 Å². The van der Waals surface area contributed by atoms with E-state index in [2.05, 4.69) is 96.0 Å². The molecular weight excluding hydrogens is 630 g/mol. The second kappa shape index (κ2) is 35.0. The molecule has 2 aliphatic heterocycles. The molecule has 44 heavy (non-hydrogen) atoms. The van der Waals surface area contributed by atoms with Crippen LogP contribution in [0.2, 0.25) is 0 Å². The summed E-state index contributed by atoms with van der Waals surface area (Å²) in [4.78, 5) is 0. The molecule has 0 unspecified atom stereocenters. The van der Waals surface area contributed by atoms with Crippen molar-refractivity contribution in [1.29, 1.82) is 0 Å². The Morgan fingerprint density at radius 1 is 0.432 bits per heavy atom. The van der Waals surface area contributed by atoms with Crippen molar-refractivity contribution in [3.8, 4) is 0 Å². The molecule has 8 heteroatoms. The van der Waals surface area contributed by atoms with E-state index in [0.717, 1.165) is 0 Å². The SMILES string of the molecule is CCCCCCCC[NH2+]N1C=CC(=CCCCCCCCCC=C2C=CN([NH2+]CCCCCCCC)C=C2)C=C1.[Cl-].[Cl-].[Cl-].[Cl-]. The molecule has 2 heterocycles. The third-order valence-electron chi connectivity index (χ3n) is 7.97. The van der Waals surface area contributed by atoms with Crippen LogP contribution in [-0.2, 0) is 0 Å². The molecule has 0 atom stereocenters. The zero-order valence-corrected chi connectivity index (χ0v) is 30.9. The molecular formula is C36H64Cl4N4-2. The predicted molar refractivity (Wildman–Crippen MR) is 174 cm³/mol. The van der Waals surface area contributed by atoms with E-state index in [1.165, 1.54) is 153 Å². The Morgan fingerprint density at radius 3 is 1.07 bits per heavy atom. The van der Waals surface area contributed by atoms with Crippen molar-refractivity contribution in [2.45, 2.75) is 142 Å². The van der Waals surface area contributed by atoms with Crippen molar-refractivity contribution in [2.24, 2.45) is 0 Å². The third kappa shape index (κ3) is 26.3. The fourth-order valence-corrected chi connectivity index (χ4v) is 5.28. The Bertz CT molecular complexity index is 710. The van der Waals surface area contributed by atoms with Crippen molar-refractivity contribution in [3.63, 3.8) is 0 Å². The summed E-state index contributed by atoms with van der Waals surface area (Å²) in [6.07, 6.45) is 49.6. The van der Waals surface area contributed by atoms with Crippen molar-refractivity contribution >= 4 is 0 Å². The van der Waals surface area contributed by atoms with Gasteiger partial charge in [-0.1, -0.05) is 103 Å². The topological polar surface area (TPSA) is 39.7 Å². The number of hydrogen-bond acceptors (Lipinski definition) is 2. The van der Waals surface area contributed by atoms with Gasteiger partial charge in [-0.3, -0.25) is 0 Å². The molecule has 0 aromatic heterocycles. The summed E-state index contributed by atoms with van der Waals surface area (Å²) in [5.41, 5.74) is 7.38. The van der Waals surface area contributed by atoms with E-state index in [1.807, 2.05) is 0 Å². The maximum Gasteiger partial charge on any atom is 0.0981 e. The summed E-state index contributed by atoms with van der Waals surface area (Å²) >= 11 is 0. The van der Waals surface area contributed by atoms with Gasteiger partial charge in [-0.05, 0) is 86.8 Å². The number of unbranched alkanes of at least 4 members (excludes halogenated alkanes) is 17. The number of nitrogens with zero attached hydrogens (tertiary/aromatic N) is 2. The summed E-state index contributed by atoms with van der Waals surface area (Å²) < 4.78 is 0. The highest BCUT2D eigenvalue weighted by molar-refractivity contribution is 5.33. The van der Waals surface area contributed by atoms with Crippen LogP contribution in [0.4, 0.5) is 0 Å². The van der Waals surface area contributed by atoms with Crippen LogP contribution in [0.15, 0.2) is 72.4 Å². The predicted octanol–water partition coefficient (Wildman–Crippen LogP) is -3.66.